The molecule has 1 aromatic rings. The lowest BCUT2D eigenvalue weighted by atomic mass is 9.75. The van der Waals surface area contributed by atoms with Crippen LogP contribution in [-0.4, -0.2) is 7.11 Å². The van der Waals surface area contributed by atoms with E-state index in [1.807, 2.05) is 0 Å². The molecule has 1 aliphatic carbocycles. The number of hydrogen-bond acceptors (Lipinski definition) is 2. The van der Waals surface area contributed by atoms with E-state index >= 15 is 0 Å². The maximum absolute atomic E-state index is 13.3. The highest BCUT2D eigenvalue weighted by Crippen LogP contribution is 2.42. The first kappa shape index (κ1) is 13.3. The molecule has 100 valence electrons. The van der Waals surface area contributed by atoms with Crippen molar-refractivity contribution in [2.24, 2.45) is 5.73 Å². The van der Waals surface area contributed by atoms with E-state index in [0.717, 1.165) is 32.1 Å². The van der Waals surface area contributed by atoms with Crippen LogP contribution in [0.1, 0.15) is 49.7 Å². The van der Waals surface area contributed by atoms with Crippen LogP contribution in [0.2, 0.25) is 0 Å². The Hall–Kier alpha value is -1.16. The molecule has 0 spiro atoms. The number of benzene rings is 1. The maximum atomic E-state index is 13.3. The highest BCUT2D eigenvalue weighted by atomic mass is 19.3. The summed E-state index contributed by atoms with van der Waals surface area (Å²) in [5, 5.41) is 0. The minimum atomic E-state index is -2.56. The molecule has 0 atom stereocenters. The summed E-state index contributed by atoms with van der Waals surface area (Å²) < 4.78 is 31.6. The molecular weight excluding hydrogens is 236 g/mol. The zero-order valence-corrected chi connectivity index (χ0v) is 10.6. The molecule has 0 unspecified atom stereocenters. The van der Waals surface area contributed by atoms with Crippen LogP contribution in [0, 0.1) is 0 Å². The Balaban J connectivity index is 2.48. The van der Waals surface area contributed by atoms with Gasteiger partial charge in [-0.25, -0.2) is 8.78 Å². The first-order chi connectivity index (χ1) is 8.58. The van der Waals surface area contributed by atoms with Crippen molar-refractivity contribution in [2.75, 3.05) is 7.11 Å². The largest absolute Gasteiger partial charge is 0.496 e. The zero-order valence-electron chi connectivity index (χ0n) is 10.6. The first-order valence-corrected chi connectivity index (χ1v) is 6.33. The SMILES string of the molecule is COc1cccc(C2(N)CCCCC2)c1C(F)F. The van der Waals surface area contributed by atoms with Crippen LogP contribution in [0.25, 0.3) is 0 Å². The van der Waals surface area contributed by atoms with Gasteiger partial charge >= 0.3 is 0 Å². The van der Waals surface area contributed by atoms with E-state index in [9.17, 15) is 8.78 Å². The van der Waals surface area contributed by atoms with Crippen LogP contribution < -0.4 is 10.5 Å². The maximum Gasteiger partial charge on any atom is 0.267 e. The summed E-state index contributed by atoms with van der Waals surface area (Å²) in [7, 11) is 1.41. The molecule has 1 aliphatic rings. The van der Waals surface area contributed by atoms with Crippen molar-refractivity contribution >= 4 is 0 Å². The molecule has 1 aromatic carbocycles. The molecule has 0 aliphatic heterocycles. The van der Waals surface area contributed by atoms with E-state index in [1.165, 1.54) is 7.11 Å². The first-order valence-electron chi connectivity index (χ1n) is 6.33. The summed E-state index contributed by atoms with van der Waals surface area (Å²) in [4.78, 5) is 0. The average molecular weight is 255 g/mol. The van der Waals surface area contributed by atoms with Gasteiger partial charge in [0.1, 0.15) is 5.75 Å². The standard InChI is InChI=1S/C14H19F2NO/c1-18-11-7-5-6-10(12(11)13(15)16)14(17)8-3-2-4-9-14/h5-7,13H,2-4,8-9,17H2,1H3. The van der Waals surface area contributed by atoms with Crippen molar-refractivity contribution in [1.29, 1.82) is 0 Å². The Morgan fingerprint density at radius 1 is 1.22 bits per heavy atom. The fraction of sp³-hybridized carbons (Fsp3) is 0.571. The van der Waals surface area contributed by atoms with Crippen molar-refractivity contribution < 1.29 is 13.5 Å². The molecule has 2 N–H and O–H groups in total. The van der Waals surface area contributed by atoms with Gasteiger partial charge in [0.15, 0.2) is 0 Å². The van der Waals surface area contributed by atoms with E-state index in [4.69, 9.17) is 10.5 Å². The minimum absolute atomic E-state index is 0.0376. The Bertz CT molecular complexity index is 414. The molecular formula is C14H19F2NO. The Morgan fingerprint density at radius 2 is 1.89 bits per heavy atom. The summed E-state index contributed by atoms with van der Waals surface area (Å²) in [5.74, 6) is 0.234. The van der Waals surface area contributed by atoms with Crippen molar-refractivity contribution in [3.05, 3.63) is 29.3 Å². The van der Waals surface area contributed by atoms with Crippen LogP contribution in [0.5, 0.6) is 5.75 Å². The predicted molar refractivity (Wildman–Crippen MR) is 66.9 cm³/mol. The van der Waals surface area contributed by atoms with Crippen LogP contribution in [0.4, 0.5) is 8.78 Å². The van der Waals surface area contributed by atoms with Gasteiger partial charge in [-0.2, -0.15) is 0 Å². The van der Waals surface area contributed by atoms with Gasteiger partial charge in [0.25, 0.3) is 6.43 Å². The summed E-state index contributed by atoms with van der Waals surface area (Å²) in [6, 6.07) is 5.02. The molecule has 18 heavy (non-hydrogen) atoms. The summed E-state index contributed by atoms with van der Waals surface area (Å²) >= 11 is 0. The number of halogens is 2. The second kappa shape index (κ2) is 5.22. The molecule has 0 bridgehead atoms. The number of nitrogens with two attached hydrogens (primary N) is 1. The summed E-state index contributed by atoms with van der Waals surface area (Å²) in [5.41, 5.74) is 6.24. The Labute approximate surface area is 106 Å². The molecule has 0 saturated heterocycles. The highest BCUT2D eigenvalue weighted by Gasteiger charge is 2.34. The molecule has 2 rings (SSSR count). The topological polar surface area (TPSA) is 35.2 Å². The molecule has 1 saturated carbocycles. The summed E-state index contributed by atoms with van der Waals surface area (Å²) in [6.45, 7) is 0. The third-order valence-electron chi connectivity index (χ3n) is 3.79. The van der Waals surface area contributed by atoms with Gasteiger partial charge in [0.05, 0.1) is 12.7 Å². The van der Waals surface area contributed by atoms with Crippen LogP contribution >= 0.6 is 0 Å². The molecule has 0 heterocycles. The Morgan fingerprint density at radius 3 is 2.44 bits per heavy atom. The predicted octanol–water partition coefficient (Wildman–Crippen LogP) is 3.75. The van der Waals surface area contributed by atoms with Crippen LogP contribution in [-0.2, 0) is 5.54 Å². The van der Waals surface area contributed by atoms with E-state index in [0.29, 0.717) is 5.56 Å². The van der Waals surface area contributed by atoms with Gasteiger partial charge in [-0.3, -0.25) is 0 Å². The third kappa shape index (κ3) is 2.34. The molecule has 0 aromatic heterocycles. The molecule has 1 fully saturated rings. The minimum Gasteiger partial charge on any atom is -0.496 e. The fourth-order valence-electron chi connectivity index (χ4n) is 2.83. The number of methoxy groups -OCH3 is 1. The normalized spacial score (nSPS) is 18.9. The number of hydrogen-bond donors (Lipinski definition) is 1. The second-order valence-corrected chi connectivity index (χ2v) is 4.94. The molecule has 0 amide bonds. The number of alkyl halides is 2. The van der Waals surface area contributed by atoms with Gasteiger partial charge in [0.2, 0.25) is 0 Å². The summed E-state index contributed by atoms with van der Waals surface area (Å²) in [6.07, 6.45) is 2.10. The van der Waals surface area contributed by atoms with Crippen molar-refractivity contribution in [3.8, 4) is 5.75 Å². The van der Waals surface area contributed by atoms with Crippen LogP contribution in [0.3, 0.4) is 0 Å². The number of rotatable bonds is 3. The lowest BCUT2D eigenvalue weighted by molar-refractivity contribution is 0.141. The van der Waals surface area contributed by atoms with Gasteiger partial charge < -0.3 is 10.5 Å². The smallest absolute Gasteiger partial charge is 0.267 e. The lowest BCUT2D eigenvalue weighted by Gasteiger charge is -2.35. The van der Waals surface area contributed by atoms with E-state index in [2.05, 4.69) is 0 Å². The zero-order chi connectivity index (χ0) is 13.2. The van der Waals surface area contributed by atoms with Crippen molar-refractivity contribution in [1.82, 2.24) is 0 Å². The average Bonchev–Trinajstić information content (AvgIpc) is 2.38. The van der Waals surface area contributed by atoms with E-state index < -0.39 is 12.0 Å². The van der Waals surface area contributed by atoms with E-state index in [-0.39, 0.29) is 11.3 Å². The van der Waals surface area contributed by atoms with Gasteiger partial charge in [-0.1, -0.05) is 31.4 Å². The van der Waals surface area contributed by atoms with Crippen LogP contribution in [0.15, 0.2) is 18.2 Å². The third-order valence-corrected chi connectivity index (χ3v) is 3.79. The monoisotopic (exact) mass is 255 g/mol. The van der Waals surface area contributed by atoms with Gasteiger partial charge in [-0.15, -0.1) is 0 Å². The van der Waals surface area contributed by atoms with Gasteiger partial charge in [0, 0.05) is 5.54 Å². The van der Waals surface area contributed by atoms with E-state index in [1.54, 1.807) is 18.2 Å². The van der Waals surface area contributed by atoms with Crippen molar-refractivity contribution in [2.45, 2.75) is 44.1 Å². The number of ether oxygens (including phenoxy) is 1. The molecule has 0 radical (unpaired) electrons. The molecule has 2 nitrogen and oxygen atoms in total. The molecule has 4 heteroatoms. The second-order valence-electron chi connectivity index (χ2n) is 4.94. The van der Waals surface area contributed by atoms with Gasteiger partial charge in [-0.05, 0) is 24.5 Å². The fourth-order valence-corrected chi connectivity index (χ4v) is 2.83. The highest BCUT2D eigenvalue weighted by molar-refractivity contribution is 5.45. The quantitative estimate of drug-likeness (QED) is 0.892. The Kier molecular flexibility index (Phi) is 3.85. The lowest BCUT2D eigenvalue weighted by Crippen LogP contribution is -2.39. The van der Waals surface area contributed by atoms with Crippen molar-refractivity contribution in [3.63, 3.8) is 0 Å².